The van der Waals surface area contributed by atoms with Crippen molar-refractivity contribution in [3.63, 3.8) is 0 Å². The molecule has 2 rings (SSSR count). The summed E-state index contributed by atoms with van der Waals surface area (Å²) in [6.07, 6.45) is 0.605. The minimum absolute atomic E-state index is 0.0588. The van der Waals surface area contributed by atoms with Crippen molar-refractivity contribution in [3.05, 3.63) is 23.8 Å². The van der Waals surface area contributed by atoms with Crippen LogP contribution >= 0.6 is 22.9 Å². The van der Waals surface area contributed by atoms with Crippen molar-refractivity contribution in [1.29, 1.82) is 0 Å². The SMILES string of the molecule is CC(Cl)Cc1cccc2sc(S(=O)(=O)O)nc12. The van der Waals surface area contributed by atoms with E-state index >= 15 is 0 Å². The molecule has 0 spiro atoms. The van der Waals surface area contributed by atoms with Gasteiger partial charge in [-0.3, -0.25) is 4.55 Å². The van der Waals surface area contributed by atoms with Crippen LogP contribution in [0.4, 0.5) is 0 Å². The van der Waals surface area contributed by atoms with Crippen LogP contribution < -0.4 is 0 Å². The van der Waals surface area contributed by atoms with Crippen molar-refractivity contribution in [1.82, 2.24) is 4.98 Å². The van der Waals surface area contributed by atoms with Crippen molar-refractivity contribution in [2.45, 2.75) is 23.1 Å². The normalized spacial score (nSPS) is 14.1. The highest BCUT2D eigenvalue weighted by Crippen LogP contribution is 2.28. The second-order valence-electron chi connectivity index (χ2n) is 3.70. The number of rotatable bonds is 3. The summed E-state index contributed by atoms with van der Waals surface area (Å²) in [6, 6.07) is 5.45. The lowest BCUT2D eigenvalue weighted by Crippen LogP contribution is -1.99. The molecule has 7 heteroatoms. The number of aromatic nitrogens is 1. The molecule has 1 atom stereocenters. The number of fused-ring (bicyclic) bond motifs is 1. The quantitative estimate of drug-likeness (QED) is 0.697. The second kappa shape index (κ2) is 4.53. The summed E-state index contributed by atoms with van der Waals surface area (Å²) >= 11 is 6.87. The summed E-state index contributed by atoms with van der Waals surface area (Å²) < 4.78 is 31.4. The maximum atomic E-state index is 11.0. The van der Waals surface area contributed by atoms with E-state index in [-0.39, 0.29) is 9.72 Å². The highest BCUT2D eigenvalue weighted by Gasteiger charge is 2.17. The standard InChI is InChI=1S/C10H10ClNO3S2/c1-6(11)5-7-3-2-4-8-9(7)12-10(16-8)17(13,14)15/h2-4,6H,5H2,1H3,(H,13,14,15). The van der Waals surface area contributed by atoms with Crippen molar-refractivity contribution < 1.29 is 13.0 Å². The molecule has 1 heterocycles. The Hall–Kier alpha value is -0.690. The number of nitrogens with zero attached hydrogens (tertiary/aromatic N) is 1. The number of halogens is 1. The highest BCUT2D eigenvalue weighted by molar-refractivity contribution is 7.88. The molecule has 1 unspecified atom stereocenters. The van der Waals surface area contributed by atoms with Crippen LogP contribution in [-0.2, 0) is 16.5 Å². The Kier molecular flexibility index (Phi) is 3.40. The number of hydrogen-bond acceptors (Lipinski definition) is 4. The Morgan fingerprint density at radius 3 is 2.82 bits per heavy atom. The van der Waals surface area contributed by atoms with Gasteiger partial charge in [-0.2, -0.15) is 8.42 Å². The fourth-order valence-corrected chi connectivity index (χ4v) is 3.37. The third-order valence-corrected chi connectivity index (χ3v) is 4.59. The first-order valence-corrected chi connectivity index (χ1v) is 7.57. The average molecular weight is 292 g/mol. The third-order valence-electron chi connectivity index (χ3n) is 2.20. The summed E-state index contributed by atoms with van der Waals surface area (Å²) in [6.45, 7) is 1.86. The molecule has 0 aliphatic rings. The lowest BCUT2D eigenvalue weighted by atomic mass is 10.1. The van der Waals surface area contributed by atoms with E-state index in [9.17, 15) is 8.42 Å². The monoisotopic (exact) mass is 291 g/mol. The Morgan fingerprint density at radius 2 is 2.24 bits per heavy atom. The van der Waals surface area contributed by atoms with Gasteiger partial charge in [0.1, 0.15) is 0 Å². The molecule has 0 aliphatic carbocycles. The molecule has 0 saturated carbocycles. The van der Waals surface area contributed by atoms with Crippen LogP contribution in [0.2, 0.25) is 0 Å². The average Bonchev–Trinajstić information content (AvgIpc) is 2.60. The smallest absolute Gasteiger partial charge is 0.280 e. The van der Waals surface area contributed by atoms with E-state index in [1.54, 1.807) is 6.07 Å². The number of thiazole rings is 1. The molecule has 1 aromatic carbocycles. The van der Waals surface area contributed by atoms with Gasteiger partial charge in [0, 0.05) is 5.38 Å². The lowest BCUT2D eigenvalue weighted by Gasteiger charge is -2.03. The number of alkyl halides is 1. The summed E-state index contributed by atoms with van der Waals surface area (Å²) in [5.41, 5.74) is 1.48. The fraction of sp³-hybridized carbons (Fsp3) is 0.300. The maximum absolute atomic E-state index is 11.0. The molecule has 17 heavy (non-hydrogen) atoms. The molecular formula is C10H10ClNO3S2. The number of para-hydroxylation sites is 1. The van der Waals surface area contributed by atoms with E-state index in [1.165, 1.54) is 0 Å². The summed E-state index contributed by atoms with van der Waals surface area (Å²) in [5, 5.41) is -0.0588. The Labute approximate surface area is 108 Å². The topological polar surface area (TPSA) is 67.3 Å². The van der Waals surface area contributed by atoms with Crippen LogP contribution in [-0.4, -0.2) is 23.3 Å². The summed E-state index contributed by atoms with van der Waals surface area (Å²) in [7, 11) is -4.24. The van der Waals surface area contributed by atoms with Crippen LogP contribution in [0.15, 0.2) is 22.5 Å². The van der Waals surface area contributed by atoms with Crippen molar-refractivity contribution in [2.75, 3.05) is 0 Å². The molecule has 1 aromatic heterocycles. The Balaban J connectivity index is 2.61. The van der Waals surface area contributed by atoms with E-state index in [1.807, 2.05) is 19.1 Å². The van der Waals surface area contributed by atoms with Gasteiger partial charge in [-0.25, -0.2) is 4.98 Å². The predicted molar refractivity (Wildman–Crippen MR) is 68.5 cm³/mol. The van der Waals surface area contributed by atoms with Gasteiger partial charge >= 0.3 is 10.1 Å². The molecule has 0 bridgehead atoms. The Morgan fingerprint density at radius 1 is 1.53 bits per heavy atom. The van der Waals surface area contributed by atoms with Crippen LogP contribution in [0, 0.1) is 0 Å². The van der Waals surface area contributed by atoms with Crippen LogP contribution in [0.1, 0.15) is 12.5 Å². The molecule has 1 N–H and O–H groups in total. The van der Waals surface area contributed by atoms with Crippen LogP contribution in [0.3, 0.4) is 0 Å². The fourth-order valence-electron chi connectivity index (χ4n) is 1.56. The molecule has 92 valence electrons. The number of benzene rings is 1. The molecule has 0 amide bonds. The zero-order chi connectivity index (χ0) is 12.6. The van der Waals surface area contributed by atoms with E-state index < -0.39 is 10.1 Å². The minimum atomic E-state index is -4.24. The first-order valence-electron chi connectivity index (χ1n) is 4.88. The number of hydrogen-bond donors (Lipinski definition) is 1. The van der Waals surface area contributed by atoms with Crippen molar-refractivity contribution in [2.24, 2.45) is 0 Å². The van der Waals surface area contributed by atoms with Gasteiger partial charge in [-0.1, -0.05) is 12.1 Å². The maximum Gasteiger partial charge on any atom is 0.322 e. The minimum Gasteiger partial charge on any atom is -0.280 e. The molecule has 0 radical (unpaired) electrons. The van der Waals surface area contributed by atoms with Crippen molar-refractivity contribution >= 4 is 43.3 Å². The predicted octanol–water partition coefficient (Wildman–Crippen LogP) is 2.71. The van der Waals surface area contributed by atoms with Gasteiger partial charge in [-0.15, -0.1) is 22.9 Å². The second-order valence-corrected chi connectivity index (χ2v) is 7.07. The lowest BCUT2D eigenvalue weighted by molar-refractivity contribution is 0.482. The first-order chi connectivity index (χ1) is 7.88. The molecule has 0 aliphatic heterocycles. The van der Waals surface area contributed by atoms with Gasteiger partial charge < -0.3 is 0 Å². The van der Waals surface area contributed by atoms with Crippen molar-refractivity contribution in [3.8, 4) is 0 Å². The third kappa shape index (κ3) is 2.77. The van der Waals surface area contributed by atoms with E-state index in [0.29, 0.717) is 11.9 Å². The Bertz CT molecular complexity index is 649. The zero-order valence-corrected chi connectivity index (χ0v) is 11.3. The zero-order valence-electron chi connectivity index (χ0n) is 8.92. The largest absolute Gasteiger partial charge is 0.322 e. The van der Waals surface area contributed by atoms with Gasteiger partial charge in [0.05, 0.1) is 10.2 Å². The van der Waals surface area contributed by atoms with Gasteiger partial charge in [0.2, 0.25) is 4.34 Å². The van der Waals surface area contributed by atoms with Gasteiger partial charge in [-0.05, 0) is 25.0 Å². The highest BCUT2D eigenvalue weighted by atomic mass is 35.5. The molecule has 2 aromatic rings. The van der Waals surface area contributed by atoms with Crippen LogP contribution in [0.5, 0.6) is 0 Å². The van der Waals surface area contributed by atoms with Crippen LogP contribution in [0.25, 0.3) is 10.2 Å². The summed E-state index contributed by atoms with van der Waals surface area (Å²) in [4.78, 5) is 3.96. The van der Waals surface area contributed by atoms with Gasteiger partial charge in [0.25, 0.3) is 0 Å². The molecule has 4 nitrogen and oxygen atoms in total. The van der Waals surface area contributed by atoms with Gasteiger partial charge in [0.15, 0.2) is 0 Å². The molecular weight excluding hydrogens is 282 g/mol. The van der Waals surface area contributed by atoms with E-state index in [4.69, 9.17) is 16.2 Å². The molecule has 0 saturated heterocycles. The van der Waals surface area contributed by atoms with E-state index in [2.05, 4.69) is 4.98 Å². The first kappa shape index (κ1) is 12.8. The molecule has 0 fully saturated rings. The van der Waals surface area contributed by atoms with E-state index in [0.717, 1.165) is 21.6 Å². The summed E-state index contributed by atoms with van der Waals surface area (Å²) in [5.74, 6) is 0.